The van der Waals surface area contributed by atoms with Crippen LogP contribution in [-0.4, -0.2) is 29.5 Å². The number of aryl methyl sites for hydroxylation is 1. The topological polar surface area (TPSA) is 42.2 Å². The molecule has 2 heterocycles. The summed E-state index contributed by atoms with van der Waals surface area (Å²) in [5, 5.41) is 3.44. The van der Waals surface area contributed by atoms with Gasteiger partial charge in [-0.25, -0.2) is 4.98 Å². The van der Waals surface area contributed by atoms with Gasteiger partial charge in [-0.15, -0.1) is 23.7 Å². The molecule has 2 N–H and O–H groups in total. The standard InChI is InChI=1S/C12H21N3S.ClH/c1-3-11-14-10(7-16-11)6-15-5-4-12(2,8-13)9-15;/h7H,3-6,8-9,13H2,1-2H3;1H. The van der Waals surface area contributed by atoms with E-state index in [1.54, 1.807) is 11.3 Å². The second kappa shape index (κ2) is 6.14. The maximum Gasteiger partial charge on any atom is 0.0926 e. The van der Waals surface area contributed by atoms with Gasteiger partial charge in [-0.2, -0.15) is 0 Å². The summed E-state index contributed by atoms with van der Waals surface area (Å²) in [4.78, 5) is 7.08. The molecule has 3 nitrogen and oxygen atoms in total. The van der Waals surface area contributed by atoms with Crippen LogP contribution in [0.25, 0.3) is 0 Å². The lowest BCUT2D eigenvalue weighted by atomic mass is 9.90. The summed E-state index contributed by atoms with van der Waals surface area (Å²) in [7, 11) is 0. The first kappa shape index (κ1) is 14.9. The van der Waals surface area contributed by atoms with Gasteiger partial charge in [0.2, 0.25) is 0 Å². The molecule has 0 bridgehead atoms. The Bertz CT molecular complexity index is 355. The molecule has 0 aromatic carbocycles. The van der Waals surface area contributed by atoms with Crippen LogP contribution in [0.5, 0.6) is 0 Å². The van der Waals surface area contributed by atoms with Gasteiger partial charge in [-0.1, -0.05) is 13.8 Å². The highest BCUT2D eigenvalue weighted by atomic mass is 35.5. The Labute approximate surface area is 114 Å². The van der Waals surface area contributed by atoms with Crippen molar-refractivity contribution in [2.45, 2.75) is 33.2 Å². The van der Waals surface area contributed by atoms with Gasteiger partial charge < -0.3 is 5.73 Å². The van der Waals surface area contributed by atoms with Crippen LogP contribution in [0.4, 0.5) is 0 Å². The Morgan fingerprint density at radius 3 is 2.88 bits per heavy atom. The molecule has 1 fully saturated rings. The maximum atomic E-state index is 5.81. The second-order valence-corrected chi connectivity index (χ2v) is 6.00. The fraction of sp³-hybridized carbons (Fsp3) is 0.750. The van der Waals surface area contributed by atoms with Gasteiger partial charge in [0.15, 0.2) is 0 Å². The first-order valence-electron chi connectivity index (χ1n) is 6.01. The SMILES string of the molecule is CCc1nc(CN2CCC(C)(CN)C2)cs1.Cl. The van der Waals surface area contributed by atoms with Gasteiger partial charge in [0.25, 0.3) is 0 Å². The molecule has 98 valence electrons. The van der Waals surface area contributed by atoms with E-state index in [2.05, 4.69) is 29.1 Å². The third kappa shape index (κ3) is 3.65. The monoisotopic (exact) mass is 275 g/mol. The molecular formula is C12H22ClN3S. The molecule has 2 rings (SSSR count). The summed E-state index contributed by atoms with van der Waals surface area (Å²) in [5.74, 6) is 0. The van der Waals surface area contributed by atoms with Crippen molar-refractivity contribution in [3.05, 3.63) is 16.1 Å². The highest BCUT2D eigenvalue weighted by Gasteiger charge is 2.32. The van der Waals surface area contributed by atoms with Crippen molar-refractivity contribution in [2.75, 3.05) is 19.6 Å². The van der Waals surface area contributed by atoms with Crippen LogP contribution >= 0.6 is 23.7 Å². The Hall–Kier alpha value is -0.160. The summed E-state index contributed by atoms with van der Waals surface area (Å²) < 4.78 is 0. The minimum Gasteiger partial charge on any atom is -0.330 e. The first-order chi connectivity index (χ1) is 7.65. The third-order valence-electron chi connectivity index (χ3n) is 3.42. The minimum atomic E-state index is 0. The molecule has 0 saturated carbocycles. The van der Waals surface area contributed by atoms with Crippen molar-refractivity contribution in [3.63, 3.8) is 0 Å². The molecule has 1 atom stereocenters. The van der Waals surface area contributed by atoms with Crippen molar-refractivity contribution in [1.82, 2.24) is 9.88 Å². The number of nitrogens with two attached hydrogens (primary N) is 1. The van der Waals surface area contributed by atoms with Crippen molar-refractivity contribution >= 4 is 23.7 Å². The van der Waals surface area contributed by atoms with Crippen LogP contribution in [0, 0.1) is 5.41 Å². The number of hydrogen-bond acceptors (Lipinski definition) is 4. The lowest BCUT2D eigenvalue weighted by molar-refractivity contribution is 0.272. The molecule has 1 aliphatic rings. The Balaban J connectivity index is 0.00000144. The van der Waals surface area contributed by atoms with Gasteiger partial charge in [0.05, 0.1) is 10.7 Å². The second-order valence-electron chi connectivity index (χ2n) is 5.06. The van der Waals surface area contributed by atoms with E-state index in [4.69, 9.17) is 5.73 Å². The Kier molecular flexibility index (Phi) is 5.38. The van der Waals surface area contributed by atoms with Crippen LogP contribution < -0.4 is 5.73 Å². The van der Waals surface area contributed by atoms with Crippen LogP contribution in [0.2, 0.25) is 0 Å². The quantitative estimate of drug-likeness (QED) is 0.917. The number of aromatic nitrogens is 1. The molecule has 1 aromatic rings. The van der Waals surface area contributed by atoms with E-state index in [1.165, 1.54) is 17.1 Å². The predicted octanol–water partition coefficient (Wildman–Crippen LogP) is 2.30. The van der Waals surface area contributed by atoms with Gasteiger partial charge in [-0.05, 0) is 31.3 Å². The molecule has 5 heteroatoms. The van der Waals surface area contributed by atoms with Crippen LogP contribution in [0.1, 0.15) is 31.0 Å². The smallest absolute Gasteiger partial charge is 0.0926 e. The summed E-state index contributed by atoms with van der Waals surface area (Å²) in [5.41, 5.74) is 7.36. The minimum absolute atomic E-state index is 0. The maximum absolute atomic E-state index is 5.81. The molecule has 1 unspecified atom stereocenters. The van der Waals surface area contributed by atoms with Crippen LogP contribution in [-0.2, 0) is 13.0 Å². The number of thiazole rings is 1. The van der Waals surface area contributed by atoms with E-state index in [-0.39, 0.29) is 12.4 Å². The normalized spacial score (nSPS) is 24.9. The lowest BCUT2D eigenvalue weighted by Gasteiger charge is -2.22. The van der Waals surface area contributed by atoms with E-state index >= 15 is 0 Å². The molecule has 1 aliphatic heterocycles. The zero-order valence-electron chi connectivity index (χ0n) is 10.6. The van der Waals surface area contributed by atoms with Crippen molar-refractivity contribution in [2.24, 2.45) is 11.1 Å². The third-order valence-corrected chi connectivity index (χ3v) is 4.46. The summed E-state index contributed by atoms with van der Waals surface area (Å²) >= 11 is 1.78. The zero-order valence-corrected chi connectivity index (χ0v) is 12.2. The van der Waals surface area contributed by atoms with Gasteiger partial charge in [0.1, 0.15) is 0 Å². The average Bonchev–Trinajstić information content (AvgIpc) is 2.87. The fourth-order valence-electron chi connectivity index (χ4n) is 2.24. The molecule has 0 amide bonds. The van der Waals surface area contributed by atoms with E-state index in [1.807, 2.05) is 0 Å². The van der Waals surface area contributed by atoms with Crippen molar-refractivity contribution in [1.29, 1.82) is 0 Å². The molecule has 0 spiro atoms. The highest BCUT2D eigenvalue weighted by Crippen LogP contribution is 2.29. The zero-order chi connectivity index (χ0) is 11.6. The van der Waals surface area contributed by atoms with Gasteiger partial charge in [0, 0.05) is 18.5 Å². The molecular weight excluding hydrogens is 254 g/mol. The van der Waals surface area contributed by atoms with Crippen LogP contribution in [0.15, 0.2) is 5.38 Å². The predicted molar refractivity (Wildman–Crippen MR) is 75.8 cm³/mol. The Morgan fingerprint density at radius 2 is 2.35 bits per heavy atom. The van der Waals surface area contributed by atoms with E-state index in [0.29, 0.717) is 5.41 Å². The fourth-order valence-corrected chi connectivity index (χ4v) is 2.98. The molecule has 0 aliphatic carbocycles. The first-order valence-corrected chi connectivity index (χ1v) is 6.89. The summed E-state index contributed by atoms with van der Waals surface area (Å²) in [6.45, 7) is 8.50. The van der Waals surface area contributed by atoms with E-state index in [9.17, 15) is 0 Å². The van der Waals surface area contributed by atoms with Gasteiger partial charge >= 0.3 is 0 Å². The van der Waals surface area contributed by atoms with Crippen molar-refractivity contribution < 1.29 is 0 Å². The average molecular weight is 276 g/mol. The number of halogens is 1. The largest absolute Gasteiger partial charge is 0.330 e. The Morgan fingerprint density at radius 1 is 1.59 bits per heavy atom. The molecule has 1 saturated heterocycles. The van der Waals surface area contributed by atoms with E-state index in [0.717, 1.165) is 32.6 Å². The molecule has 1 aromatic heterocycles. The number of rotatable bonds is 4. The van der Waals surface area contributed by atoms with Gasteiger partial charge in [-0.3, -0.25) is 4.90 Å². The molecule has 0 radical (unpaired) electrons. The summed E-state index contributed by atoms with van der Waals surface area (Å²) in [6, 6.07) is 0. The lowest BCUT2D eigenvalue weighted by Crippen LogP contribution is -2.31. The number of nitrogens with zero attached hydrogens (tertiary/aromatic N) is 2. The van der Waals surface area contributed by atoms with E-state index < -0.39 is 0 Å². The highest BCUT2D eigenvalue weighted by molar-refractivity contribution is 7.09. The number of hydrogen-bond donors (Lipinski definition) is 1. The number of likely N-dealkylation sites (tertiary alicyclic amines) is 1. The van der Waals surface area contributed by atoms with Crippen LogP contribution in [0.3, 0.4) is 0 Å². The summed E-state index contributed by atoms with van der Waals surface area (Å²) in [6.07, 6.45) is 2.26. The van der Waals surface area contributed by atoms with Crippen molar-refractivity contribution in [3.8, 4) is 0 Å². The molecule has 17 heavy (non-hydrogen) atoms.